The number of fused-ring (bicyclic) bond motifs is 1. The summed E-state index contributed by atoms with van der Waals surface area (Å²) < 4.78 is 18.5. The molecule has 1 saturated heterocycles. The fourth-order valence-electron chi connectivity index (χ4n) is 3.56. The number of carbonyl (C=O) groups excluding carboxylic acids is 2. The monoisotopic (exact) mass is 406 g/mol. The summed E-state index contributed by atoms with van der Waals surface area (Å²) in [6, 6.07) is 10.9. The predicted octanol–water partition coefficient (Wildman–Crippen LogP) is 2.68. The molecule has 9 nitrogen and oxygen atoms in total. The van der Waals surface area contributed by atoms with Gasteiger partial charge in [-0.1, -0.05) is 34.1 Å². The van der Waals surface area contributed by atoms with E-state index in [4.69, 9.17) is 4.52 Å². The molecule has 2 unspecified atom stereocenters. The molecule has 0 spiro atoms. The molecule has 0 saturated carbocycles. The molecule has 3 heterocycles. The Hall–Kier alpha value is -3.95. The second-order valence-corrected chi connectivity index (χ2v) is 7.06. The number of anilines is 1. The average molecular weight is 406 g/mol. The van der Waals surface area contributed by atoms with Crippen LogP contribution in [0.3, 0.4) is 0 Å². The molecule has 10 heteroatoms. The molecule has 2 aromatic carbocycles. The van der Waals surface area contributed by atoms with Crippen molar-refractivity contribution in [3.05, 3.63) is 65.8 Å². The van der Waals surface area contributed by atoms with Crippen molar-refractivity contribution in [2.24, 2.45) is 10.3 Å². The van der Waals surface area contributed by atoms with Crippen LogP contribution in [0.1, 0.15) is 11.5 Å². The molecule has 0 aliphatic carbocycles. The van der Waals surface area contributed by atoms with Gasteiger partial charge in [0.05, 0.1) is 5.69 Å². The maximum absolute atomic E-state index is 13.2. The van der Waals surface area contributed by atoms with Crippen molar-refractivity contribution in [3.63, 3.8) is 0 Å². The predicted molar refractivity (Wildman–Crippen MR) is 101 cm³/mol. The van der Waals surface area contributed by atoms with Gasteiger partial charge in [-0.05, 0) is 37.3 Å². The van der Waals surface area contributed by atoms with Crippen LogP contribution in [0.15, 0.2) is 63.4 Å². The van der Waals surface area contributed by atoms with E-state index in [-0.39, 0.29) is 18.1 Å². The fraction of sp³-hybridized carbons (Fsp3) is 0.200. The zero-order chi connectivity index (χ0) is 20.8. The van der Waals surface area contributed by atoms with E-state index in [0.717, 1.165) is 16.0 Å². The number of aromatic nitrogens is 2. The topological polar surface area (TPSA) is 104 Å². The van der Waals surface area contributed by atoms with Gasteiger partial charge in [-0.25, -0.2) is 9.29 Å². The molecule has 2 aliphatic rings. The lowest BCUT2D eigenvalue weighted by Crippen LogP contribution is -2.39. The van der Waals surface area contributed by atoms with E-state index in [1.807, 2.05) is 31.2 Å². The first-order chi connectivity index (χ1) is 14.5. The summed E-state index contributed by atoms with van der Waals surface area (Å²) in [6.07, 6.45) is 0. The van der Waals surface area contributed by atoms with Gasteiger partial charge in [-0.3, -0.25) is 14.6 Å². The van der Waals surface area contributed by atoms with Crippen molar-refractivity contribution in [2.75, 3.05) is 4.90 Å². The standard InChI is InChI=1S/C20H15FN6O3/c1-11-3-2-4-12(9-11)18-22-15(30-24-18)10-26-17-16(23-25-26)19(28)27(20(17)29)14-7-5-13(21)6-8-14/h2-9,16-17H,10H2,1H3. The number of amides is 2. The fourth-order valence-corrected chi connectivity index (χ4v) is 3.56. The number of aryl methyl sites for hydroxylation is 1. The average Bonchev–Trinajstić information content (AvgIpc) is 3.42. The highest BCUT2D eigenvalue weighted by Crippen LogP contribution is 2.32. The molecule has 0 N–H and O–H groups in total. The normalized spacial score (nSPS) is 20.3. The Balaban J connectivity index is 1.36. The van der Waals surface area contributed by atoms with E-state index in [0.29, 0.717) is 5.82 Å². The van der Waals surface area contributed by atoms with Crippen LogP contribution in [-0.2, 0) is 16.1 Å². The van der Waals surface area contributed by atoms with E-state index in [1.54, 1.807) is 0 Å². The first-order valence-corrected chi connectivity index (χ1v) is 9.22. The summed E-state index contributed by atoms with van der Waals surface area (Å²) in [5.74, 6) is -0.788. The van der Waals surface area contributed by atoms with Crippen LogP contribution in [0.4, 0.5) is 10.1 Å². The Morgan fingerprint density at radius 2 is 1.90 bits per heavy atom. The van der Waals surface area contributed by atoms with Crippen LogP contribution in [-0.4, -0.2) is 39.0 Å². The third-order valence-electron chi connectivity index (χ3n) is 4.98. The van der Waals surface area contributed by atoms with E-state index < -0.39 is 29.7 Å². The SMILES string of the molecule is Cc1cccc(-c2noc(CN3N=NC4C(=O)N(c5ccc(F)cc5)C(=O)C43)n2)c1. The lowest BCUT2D eigenvalue weighted by Gasteiger charge is -2.19. The van der Waals surface area contributed by atoms with Crippen molar-refractivity contribution in [1.82, 2.24) is 15.1 Å². The van der Waals surface area contributed by atoms with Gasteiger partial charge in [0.15, 0.2) is 12.1 Å². The molecule has 2 atom stereocenters. The number of hydrogen-bond donors (Lipinski definition) is 0. The van der Waals surface area contributed by atoms with Crippen molar-refractivity contribution in [1.29, 1.82) is 0 Å². The lowest BCUT2D eigenvalue weighted by molar-refractivity contribution is -0.123. The Morgan fingerprint density at radius 3 is 2.67 bits per heavy atom. The second kappa shape index (κ2) is 6.83. The summed E-state index contributed by atoms with van der Waals surface area (Å²) >= 11 is 0. The van der Waals surface area contributed by atoms with Crippen molar-refractivity contribution < 1.29 is 18.5 Å². The van der Waals surface area contributed by atoms with Crippen LogP contribution < -0.4 is 4.90 Å². The Bertz CT molecular complexity index is 1180. The van der Waals surface area contributed by atoms with Crippen LogP contribution in [0.2, 0.25) is 0 Å². The zero-order valence-electron chi connectivity index (χ0n) is 15.8. The maximum atomic E-state index is 13.2. The molecule has 1 fully saturated rings. The molecular weight excluding hydrogens is 391 g/mol. The third-order valence-corrected chi connectivity index (χ3v) is 4.98. The van der Waals surface area contributed by atoms with Gasteiger partial charge in [-0.2, -0.15) is 10.1 Å². The highest BCUT2D eigenvalue weighted by atomic mass is 19.1. The van der Waals surface area contributed by atoms with E-state index in [1.165, 1.54) is 29.3 Å². The summed E-state index contributed by atoms with van der Waals surface area (Å²) in [5.41, 5.74) is 2.15. The number of halogens is 1. The quantitative estimate of drug-likeness (QED) is 0.617. The molecule has 5 rings (SSSR count). The highest BCUT2D eigenvalue weighted by molar-refractivity contribution is 6.25. The van der Waals surface area contributed by atoms with E-state index >= 15 is 0 Å². The van der Waals surface area contributed by atoms with Gasteiger partial charge in [0, 0.05) is 5.56 Å². The van der Waals surface area contributed by atoms with Crippen molar-refractivity contribution >= 4 is 17.5 Å². The molecule has 1 aromatic heterocycles. The number of benzene rings is 2. The van der Waals surface area contributed by atoms with Gasteiger partial charge in [-0.15, -0.1) is 0 Å². The summed E-state index contributed by atoms with van der Waals surface area (Å²) in [6.45, 7) is 1.99. The highest BCUT2D eigenvalue weighted by Gasteiger charge is 2.55. The summed E-state index contributed by atoms with van der Waals surface area (Å²) in [7, 11) is 0. The Morgan fingerprint density at radius 1 is 1.10 bits per heavy atom. The first-order valence-electron chi connectivity index (χ1n) is 9.22. The van der Waals surface area contributed by atoms with Gasteiger partial charge >= 0.3 is 0 Å². The number of rotatable bonds is 4. The minimum absolute atomic E-state index is 0.0275. The minimum Gasteiger partial charge on any atom is -0.337 e. The van der Waals surface area contributed by atoms with Crippen LogP contribution in [0, 0.1) is 12.7 Å². The van der Waals surface area contributed by atoms with Crippen LogP contribution >= 0.6 is 0 Å². The van der Waals surface area contributed by atoms with Gasteiger partial charge in [0.1, 0.15) is 12.4 Å². The van der Waals surface area contributed by atoms with E-state index in [2.05, 4.69) is 20.5 Å². The van der Waals surface area contributed by atoms with Crippen LogP contribution in [0.5, 0.6) is 0 Å². The van der Waals surface area contributed by atoms with E-state index in [9.17, 15) is 14.0 Å². The number of imide groups is 1. The van der Waals surface area contributed by atoms with Gasteiger partial charge in [0.2, 0.25) is 11.7 Å². The number of hydrogen-bond acceptors (Lipinski definition) is 8. The van der Waals surface area contributed by atoms with Crippen LogP contribution in [0.25, 0.3) is 11.4 Å². The number of carbonyl (C=O) groups is 2. The van der Waals surface area contributed by atoms with Crippen molar-refractivity contribution in [2.45, 2.75) is 25.6 Å². The third kappa shape index (κ3) is 2.93. The largest absolute Gasteiger partial charge is 0.337 e. The molecule has 150 valence electrons. The molecule has 0 radical (unpaired) electrons. The van der Waals surface area contributed by atoms with Gasteiger partial charge in [0.25, 0.3) is 11.8 Å². The first kappa shape index (κ1) is 18.1. The minimum atomic E-state index is -0.957. The molecule has 2 amide bonds. The van der Waals surface area contributed by atoms with Crippen molar-refractivity contribution in [3.8, 4) is 11.4 Å². The summed E-state index contributed by atoms with van der Waals surface area (Å²) in [4.78, 5) is 31.0. The summed E-state index contributed by atoms with van der Waals surface area (Å²) in [5, 5.41) is 13.2. The number of nitrogens with zero attached hydrogens (tertiary/aromatic N) is 6. The molecule has 0 bridgehead atoms. The Kier molecular flexibility index (Phi) is 4.12. The lowest BCUT2D eigenvalue weighted by atomic mass is 10.1. The molecule has 2 aliphatic heterocycles. The zero-order valence-corrected chi connectivity index (χ0v) is 15.8. The second-order valence-electron chi connectivity index (χ2n) is 7.06. The molecule has 30 heavy (non-hydrogen) atoms. The molecule has 3 aromatic rings. The van der Waals surface area contributed by atoms with Gasteiger partial charge < -0.3 is 4.52 Å². The molecular formula is C20H15FN6O3. The maximum Gasteiger partial charge on any atom is 0.263 e. The Labute approximate surface area is 169 Å². The smallest absolute Gasteiger partial charge is 0.263 e.